The fourth-order valence-electron chi connectivity index (χ4n) is 4.03. The van der Waals surface area contributed by atoms with Crippen LogP contribution in [0.2, 0.25) is 0 Å². The fraction of sp³-hybridized carbons (Fsp3) is 0.348. The Morgan fingerprint density at radius 1 is 0.966 bits per heavy atom. The van der Waals surface area contributed by atoms with Crippen LogP contribution in [-0.4, -0.2) is 53.8 Å². The zero-order chi connectivity index (χ0) is 20.2. The highest BCUT2D eigenvalue weighted by molar-refractivity contribution is 6.21. The zero-order valence-electron chi connectivity index (χ0n) is 16.3. The molecule has 1 unspecified atom stereocenters. The number of nitrogens with zero attached hydrogens (tertiary/aromatic N) is 2. The molecule has 2 aromatic carbocycles. The summed E-state index contributed by atoms with van der Waals surface area (Å²) in [5, 5.41) is 0. The van der Waals surface area contributed by atoms with E-state index in [9.17, 15) is 14.4 Å². The van der Waals surface area contributed by atoms with Crippen LogP contribution in [0.4, 0.5) is 0 Å². The first-order valence-corrected chi connectivity index (χ1v) is 10.0. The molecule has 0 aliphatic carbocycles. The summed E-state index contributed by atoms with van der Waals surface area (Å²) in [6.45, 7) is 2.56. The largest absolute Gasteiger partial charge is 0.464 e. The number of imide groups is 1. The quantitative estimate of drug-likeness (QED) is 0.559. The average Bonchev–Trinajstić information content (AvgIpc) is 3.00. The van der Waals surface area contributed by atoms with E-state index in [0.29, 0.717) is 17.7 Å². The van der Waals surface area contributed by atoms with Gasteiger partial charge in [-0.3, -0.25) is 24.2 Å². The first kappa shape index (κ1) is 19.3. The fourth-order valence-corrected chi connectivity index (χ4v) is 4.03. The van der Waals surface area contributed by atoms with E-state index in [0.717, 1.165) is 30.8 Å². The molecule has 150 valence electrons. The third-order valence-corrected chi connectivity index (χ3v) is 5.53. The number of esters is 1. The summed E-state index contributed by atoms with van der Waals surface area (Å²) in [7, 11) is 0. The van der Waals surface area contributed by atoms with Gasteiger partial charge in [-0.1, -0.05) is 42.5 Å². The van der Waals surface area contributed by atoms with Crippen molar-refractivity contribution in [3.05, 3.63) is 71.3 Å². The number of ether oxygens (including phenoxy) is 1. The molecule has 1 saturated heterocycles. The standard InChI is InChI=1S/C23H24N2O4/c26-21-19-10-4-5-11-20(19)22(27)25(21)13-14-29-23(28)18-9-6-12-24(16-18)15-17-7-2-1-3-8-17/h1-5,7-8,10-11,18H,6,9,12-16H2. The Morgan fingerprint density at radius 3 is 2.31 bits per heavy atom. The lowest BCUT2D eigenvalue weighted by molar-refractivity contribution is -0.150. The van der Waals surface area contributed by atoms with Crippen molar-refractivity contribution in [3.63, 3.8) is 0 Å². The van der Waals surface area contributed by atoms with E-state index in [1.807, 2.05) is 18.2 Å². The first-order chi connectivity index (χ1) is 14.1. The maximum Gasteiger partial charge on any atom is 0.310 e. The predicted molar refractivity (Wildman–Crippen MR) is 107 cm³/mol. The molecule has 0 radical (unpaired) electrons. The van der Waals surface area contributed by atoms with Crippen LogP contribution in [0, 0.1) is 5.92 Å². The Morgan fingerprint density at radius 2 is 1.62 bits per heavy atom. The summed E-state index contributed by atoms with van der Waals surface area (Å²) in [4.78, 5) is 40.7. The third-order valence-electron chi connectivity index (χ3n) is 5.53. The number of fused-ring (bicyclic) bond motifs is 1. The highest BCUT2D eigenvalue weighted by Crippen LogP contribution is 2.23. The lowest BCUT2D eigenvalue weighted by Crippen LogP contribution is -2.40. The van der Waals surface area contributed by atoms with Gasteiger partial charge in [0.15, 0.2) is 0 Å². The summed E-state index contributed by atoms with van der Waals surface area (Å²) in [6, 6.07) is 17.0. The van der Waals surface area contributed by atoms with Crippen molar-refractivity contribution in [3.8, 4) is 0 Å². The highest BCUT2D eigenvalue weighted by atomic mass is 16.5. The van der Waals surface area contributed by atoms with Gasteiger partial charge in [0.25, 0.3) is 11.8 Å². The number of carbonyl (C=O) groups is 3. The van der Waals surface area contributed by atoms with Crippen molar-refractivity contribution in [2.45, 2.75) is 19.4 Å². The molecule has 0 N–H and O–H groups in total. The van der Waals surface area contributed by atoms with Crippen molar-refractivity contribution in [1.82, 2.24) is 9.80 Å². The second kappa shape index (κ2) is 8.57. The number of amides is 2. The Kier molecular flexibility index (Phi) is 5.71. The van der Waals surface area contributed by atoms with Crippen molar-refractivity contribution < 1.29 is 19.1 Å². The zero-order valence-corrected chi connectivity index (χ0v) is 16.3. The van der Waals surface area contributed by atoms with E-state index in [-0.39, 0.29) is 36.9 Å². The first-order valence-electron chi connectivity index (χ1n) is 10.0. The van der Waals surface area contributed by atoms with Gasteiger partial charge in [0.2, 0.25) is 0 Å². The minimum absolute atomic E-state index is 0.0273. The molecular formula is C23H24N2O4. The second-order valence-corrected chi connectivity index (χ2v) is 7.53. The number of rotatable bonds is 6. The van der Waals surface area contributed by atoms with Crippen molar-refractivity contribution in [2.75, 3.05) is 26.2 Å². The predicted octanol–water partition coefficient (Wildman–Crippen LogP) is 2.74. The SMILES string of the molecule is O=C(OCCN1C(=O)c2ccccc2C1=O)C1CCCN(Cc2ccccc2)C1. The second-order valence-electron chi connectivity index (χ2n) is 7.53. The lowest BCUT2D eigenvalue weighted by atomic mass is 9.98. The molecule has 6 nitrogen and oxygen atoms in total. The molecule has 4 rings (SSSR count). The molecule has 6 heteroatoms. The average molecular weight is 392 g/mol. The van der Waals surface area contributed by atoms with Gasteiger partial charge in [0.1, 0.15) is 6.61 Å². The topological polar surface area (TPSA) is 66.9 Å². The minimum Gasteiger partial charge on any atom is -0.464 e. The summed E-state index contributed by atoms with van der Waals surface area (Å²) < 4.78 is 5.43. The Bertz CT molecular complexity index is 877. The van der Waals surface area contributed by atoms with Gasteiger partial charge in [0.05, 0.1) is 23.6 Å². The molecule has 0 saturated carbocycles. The van der Waals surface area contributed by atoms with Crippen molar-refractivity contribution in [2.24, 2.45) is 5.92 Å². The van der Waals surface area contributed by atoms with E-state index < -0.39 is 0 Å². The molecule has 1 atom stereocenters. The maximum atomic E-state index is 12.5. The Labute approximate surface area is 170 Å². The number of benzene rings is 2. The normalized spacial score (nSPS) is 19.3. The Balaban J connectivity index is 1.27. The summed E-state index contributed by atoms with van der Waals surface area (Å²) in [5.74, 6) is -1.07. The molecule has 2 aliphatic rings. The molecule has 2 aliphatic heterocycles. The van der Waals surface area contributed by atoms with Crippen molar-refractivity contribution in [1.29, 1.82) is 0 Å². The van der Waals surface area contributed by atoms with Crippen LogP contribution < -0.4 is 0 Å². The van der Waals surface area contributed by atoms with Crippen LogP contribution in [0.1, 0.15) is 39.1 Å². The van der Waals surface area contributed by atoms with E-state index in [1.54, 1.807) is 24.3 Å². The molecule has 0 bridgehead atoms. The number of likely N-dealkylation sites (tertiary alicyclic amines) is 1. The van der Waals surface area contributed by atoms with E-state index in [4.69, 9.17) is 4.74 Å². The molecule has 29 heavy (non-hydrogen) atoms. The molecule has 2 aromatic rings. The van der Waals surface area contributed by atoms with E-state index in [2.05, 4.69) is 17.0 Å². The van der Waals surface area contributed by atoms with Crippen LogP contribution in [0.25, 0.3) is 0 Å². The third kappa shape index (κ3) is 4.22. The molecule has 0 aromatic heterocycles. The van der Waals surface area contributed by atoms with Crippen LogP contribution >= 0.6 is 0 Å². The smallest absolute Gasteiger partial charge is 0.310 e. The van der Waals surface area contributed by atoms with E-state index >= 15 is 0 Å². The summed E-state index contributed by atoms with van der Waals surface area (Å²) in [6.07, 6.45) is 1.75. The van der Waals surface area contributed by atoms with Gasteiger partial charge in [-0.25, -0.2) is 0 Å². The Hall–Kier alpha value is -2.99. The maximum absolute atomic E-state index is 12.5. The summed E-state index contributed by atoms with van der Waals surface area (Å²) in [5.41, 5.74) is 2.05. The number of piperidine rings is 1. The van der Waals surface area contributed by atoms with Crippen LogP contribution in [0.15, 0.2) is 54.6 Å². The molecule has 1 fully saturated rings. The van der Waals surface area contributed by atoms with Gasteiger partial charge < -0.3 is 4.74 Å². The van der Waals surface area contributed by atoms with Gasteiger partial charge in [0, 0.05) is 13.1 Å². The van der Waals surface area contributed by atoms with Gasteiger partial charge in [-0.2, -0.15) is 0 Å². The van der Waals surface area contributed by atoms with E-state index in [1.165, 1.54) is 5.56 Å². The van der Waals surface area contributed by atoms with Gasteiger partial charge in [-0.05, 0) is 37.1 Å². The van der Waals surface area contributed by atoms with Crippen molar-refractivity contribution >= 4 is 17.8 Å². The molecular weight excluding hydrogens is 368 g/mol. The van der Waals surface area contributed by atoms with Crippen LogP contribution in [0.5, 0.6) is 0 Å². The molecule has 2 amide bonds. The highest BCUT2D eigenvalue weighted by Gasteiger charge is 2.35. The summed E-state index contributed by atoms with van der Waals surface area (Å²) >= 11 is 0. The van der Waals surface area contributed by atoms with Gasteiger partial charge in [-0.15, -0.1) is 0 Å². The number of hydrogen-bond acceptors (Lipinski definition) is 5. The minimum atomic E-state index is -0.326. The number of carbonyl (C=O) groups excluding carboxylic acids is 3. The lowest BCUT2D eigenvalue weighted by Gasteiger charge is -2.31. The van der Waals surface area contributed by atoms with Gasteiger partial charge >= 0.3 is 5.97 Å². The monoisotopic (exact) mass is 392 g/mol. The number of hydrogen-bond donors (Lipinski definition) is 0. The van der Waals surface area contributed by atoms with Crippen LogP contribution in [0.3, 0.4) is 0 Å². The molecule has 2 heterocycles. The molecule has 0 spiro atoms. The van der Waals surface area contributed by atoms with Crippen LogP contribution in [-0.2, 0) is 16.1 Å².